The molecule has 1 fully saturated rings. The van der Waals surface area contributed by atoms with Gasteiger partial charge in [-0.05, 0) is 5.53 Å². The number of azide groups is 1. The summed E-state index contributed by atoms with van der Waals surface area (Å²) in [7, 11) is 0. The van der Waals surface area contributed by atoms with Gasteiger partial charge in [0.2, 0.25) is 0 Å². The highest BCUT2D eigenvalue weighted by Crippen LogP contribution is 2.13. The molecule has 0 bridgehead atoms. The van der Waals surface area contributed by atoms with Gasteiger partial charge in [-0.25, -0.2) is 0 Å². The third-order valence-corrected chi connectivity index (χ3v) is 1.19. The van der Waals surface area contributed by atoms with Gasteiger partial charge in [-0.15, -0.1) is 0 Å². The van der Waals surface area contributed by atoms with Crippen molar-refractivity contribution in [3.8, 4) is 0 Å². The number of nitrogens with zero attached hydrogens (tertiary/aromatic N) is 3. The Bertz CT molecular complexity index is 197. The normalized spacial score (nSPS) is 31.1. The van der Waals surface area contributed by atoms with Gasteiger partial charge in [-0.1, -0.05) is 5.11 Å². The van der Waals surface area contributed by atoms with Crippen LogP contribution in [0.15, 0.2) is 5.11 Å². The van der Waals surface area contributed by atoms with Crippen LogP contribution in [0.2, 0.25) is 0 Å². The van der Waals surface area contributed by atoms with Crippen LogP contribution >= 0.6 is 0 Å². The Balaban J connectivity index is 2.63. The van der Waals surface area contributed by atoms with Gasteiger partial charge in [0.1, 0.15) is 6.04 Å². The second-order valence-electron chi connectivity index (χ2n) is 1.93. The molecule has 0 aromatic heterocycles. The van der Waals surface area contributed by atoms with Crippen LogP contribution in [0.5, 0.6) is 0 Å². The summed E-state index contributed by atoms with van der Waals surface area (Å²) in [5, 5.41) is 3.18. The lowest BCUT2D eigenvalue weighted by Crippen LogP contribution is -2.17. The second kappa shape index (κ2) is 2.55. The van der Waals surface area contributed by atoms with E-state index in [2.05, 4.69) is 14.8 Å². The lowest BCUT2D eigenvalue weighted by molar-refractivity contribution is -0.142. The van der Waals surface area contributed by atoms with Gasteiger partial charge in [0, 0.05) is 11.3 Å². The molecular weight excluding hydrogens is 136 g/mol. The van der Waals surface area contributed by atoms with Crippen LogP contribution in [0.25, 0.3) is 10.4 Å². The van der Waals surface area contributed by atoms with Crippen molar-refractivity contribution in [2.45, 2.75) is 18.7 Å². The van der Waals surface area contributed by atoms with E-state index in [1.54, 1.807) is 0 Å². The van der Waals surface area contributed by atoms with E-state index in [1.807, 2.05) is 0 Å². The third kappa shape index (κ3) is 1.18. The summed E-state index contributed by atoms with van der Waals surface area (Å²) >= 11 is 0. The minimum atomic E-state index is -0.722. The van der Waals surface area contributed by atoms with Crippen molar-refractivity contribution in [1.29, 1.82) is 0 Å². The van der Waals surface area contributed by atoms with Gasteiger partial charge in [-0.2, -0.15) is 0 Å². The van der Waals surface area contributed by atoms with Gasteiger partial charge < -0.3 is 4.74 Å². The molecule has 0 saturated carbocycles. The summed E-state index contributed by atoms with van der Waals surface area (Å²) in [6, 6.07) is -0.722. The number of cyclic esters (lactones) is 1. The molecule has 1 heterocycles. The van der Waals surface area contributed by atoms with Crippen LogP contribution in [0.1, 0.15) is 6.42 Å². The fourth-order valence-electron chi connectivity index (χ4n) is 0.749. The first kappa shape index (κ1) is 6.85. The van der Waals surface area contributed by atoms with E-state index in [-0.39, 0.29) is 6.42 Å². The molecule has 0 amide bonds. The van der Waals surface area contributed by atoms with E-state index in [0.717, 1.165) is 0 Å². The van der Waals surface area contributed by atoms with Gasteiger partial charge >= 0.3 is 5.97 Å². The second-order valence-corrected chi connectivity index (χ2v) is 1.93. The van der Waals surface area contributed by atoms with Crippen molar-refractivity contribution in [2.75, 3.05) is 0 Å². The lowest BCUT2D eigenvalue weighted by atomic mass is 10.2. The molecule has 0 radical (unpaired) electrons. The molecule has 2 unspecified atom stereocenters. The molecule has 1 saturated heterocycles. The fourth-order valence-corrected chi connectivity index (χ4v) is 0.749. The Hall–Kier alpha value is -1.26. The Morgan fingerprint density at radius 3 is 3.00 bits per heavy atom. The predicted molar refractivity (Wildman–Crippen MR) is 31.6 cm³/mol. The molecule has 0 aliphatic carbocycles. The maximum Gasteiger partial charge on any atom is 0.316 e. The van der Waals surface area contributed by atoms with Gasteiger partial charge in [-0.3, -0.25) is 10.5 Å². The predicted octanol–water partition coefficient (Wildman–Crippen LogP) is -0.103. The molecule has 1 aliphatic heterocycles. The van der Waals surface area contributed by atoms with E-state index in [1.165, 1.54) is 0 Å². The number of hydrogen-bond acceptors (Lipinski definition) is 4. The zero-order chi connectivity index (χ0) is 7.56. The molecule has 0 aromatic rings. The van der Waals surface area contributed by atoms with E-state index in [9.17, 15) is 4.79 Å². The summed E-state index contributed by atoms with van der Waals surface area (Å²) < 4.78 is 4.50. The van der Waals surface area contributed by atoms with Crippen molar-refractivity contribution in [2.24, 2.45) is 10.8 Å². The number of carbonyl (C=O) groups excluding carboxylic acids is 1. The number of ether oxygens (including phenoxy) is 1. The molecule has 2 atom stereocenters. The first-order chi connectivity index (χ1) is 4.74. The van der Waals surface area contributed by atoms with Crippen LogP contribution in [0.3, 0.4) is 0 Å². The summed E-state index contributed by atoms with van der Waals surface area (Å²) in [6.07, 6.45) is -0.328. The van der Waals surface area contributed by atoms with Crippen molar-refractivity contribution in [1.82, 2.24) is 0 Å². The lowest BCUT2D eigenvalue weighted by Gasteiger charge is -1.95. The first-order valence-corrected chi connectivity index (χ1v) is 2.74. The van der Waals surface area contributed by atoms with Crippen molar-refractivity contribution < 1.29 is 9.53 Å². The molecular formula is C4H6N4O2. The van der Waals surface area contributed by atoms with Crippen molar-refractivity contribution >= 4 is 5.97 Å². The molecule has 6 heteroatoms. The average Bonchev–Trinajstić information content (AvgIpc) is 2.13. The molecule has 0 spiro atoms. The van der Waals surface area contributed by atoms with Crippen LogP contribution in [-0.2, 0) is 9.53 Å². The third-order valence-electron chi connectivity index (χ3n) is 1.19. The maximum absolute atomic E-state index is 10.6. The number of carbonyl (C=O) groups is 1. The summed E-state index contributed by atoms with van der Waals surface area (Å²) in [5.41, 5.74) is 13.2. The number of nitrogens with two attached hydrogens (primary N) is 1. The zero-order valence-electron chi connectivity index (χ0n) is 5.10. The largest absolute Gasteiger partial charge is 0.446 e. The SMILES string of the molecule is [N-]=[N+]=NC1CC(N)OC1=O. The topological polar surface area (TPSA) is 101 Å². The number of rotatable bonds is 1. The Morgan fingerprint density at radius 2 is 2.60 bits per heavy atom. The zero-order valence-corrected chi connectivity index (χ0v) is 5.10. The number of hydrogen-bond donors (Lipinski definition) is 1. The van der Waals surface area contributed by atoms with Crippen molar-refractivity contribution in [3.63, 3.8) is 0 Å². The van der Waals surface area contributed by atoms with Crippen molar-refractivity contribution in [3.05, 3.63) is 10.4 Å². The van der Waals surface area contributed by atoms with Gasteiger partial charge in [0.05, 0.1) is 0 Å². The highest BCUT2D eigenvalue weighted by atomic mass is 16.6. The Kier molecular flexibility index (Phi) is 1.75. The quantitative estimate of drug-likeness (QED) is 0.239. The summed E-state index contributed by atoms with van der Waals surface area (Å²) in [5.74, 6) is -0.537. The maximum atomic E-state index is 10.6. The Morgan fingerprint density at radius 1 is 1.90 bits per heavy atom. The van der Waals surface area contributed by atoms with Crippen LogP contribution < -0.4 is 5.73 Å². The molecule has 10 heavy (non-hydrogen) atoms. The van der Waals surface area contributed by atoms with E-state index >= 15 is 0 Å². The average molecular weight is 142 g/mol. The monoisotopic (exact) mass is 142 g/mol. The molecule has 6 nitrogen and oxygen atoms in total. The smallest absolute Gasteiger partial charge is 0.316 e. The van der Waals surface area contributed by atoms with Crippen LogP contribution in [0.4, 0.5) is 0 Å². The van der Waals surface area contributed by atoms with E-state index in [4.69, 9.17) is 11.3 Å². The highest BCUT2D eigenvalue weighted by molar-refractivity contribution is 5.78. The van der Waals surface area contributed by atoms with E-state index < -0.39 is 18.2 Å². The highest BCUT2D eigenvalue weighted by Gasteiger charge is 2.30. The molecule has 1 rings (SSSR count). The van der Waals surface area contributed by atoms with E-state index in [0.29, 0.717) is 0 Å². The van der Waals surface area contributed by atoms with Gasteiger partial charge in [0.15, 0.2) is 6.23 Å². The fraction of sp³-hybridized carbons (Fsp3) is 0.750. The number of esters is 1. The molecule has 54 valence electrons. The summed E-state index contributed by atoms with van der Waals surface area (Å²) in [6.45, 7) is 0. The molecule has 0 aromatic carbocycles. The minimum Gasteiger partial charge on any atom is -0.446 e. The van der Waals surface area contributed by atoms with Crippen LogP contribution in [-0.4, -0.2) is 18.2 Å². The first-order valence-electron chi connectivity index (χ1n) is 2.74. The van der Waals surface area contributed by atoms with Gasteiger partial charge in [0.25, 0.3) is 0 Å². The van der Waals surface area contributed by atoms with Crippen LogP contribution in [0, 0.1) is 0 Å². The summed E-state index contributed by atoms with van der Waals surface area (Å²) in [4.78, 5) is 13.1. The Labute approximate surface area is 56.6 Å². The minimum absolute atomic E-state index is 0.281. The standard InChI is InChI=1S/C4H6N4O2/c5-3-1-2(7-8-6)4(9)10-3/h2-3H,1,5H2. The molecule has 2 N–H and O–H groups in total. The molecule has 1 aliphatic rings.